The van der Waals surface area contributed by atoms with E-state index in [0.29, 0.717) is 22.5 Å². The normalized spacial score (nSPS) is 13.2. The number of carbonyl (C=O) groups excluding carboxylic acids is 3. The minimum absolute atomic E-state index is 0.221. The molecule has 0 unspecified atom stereocenters. The highest BCUT2D eigenvalue weighted by molar-refractivity contribution is 6.22. The van der Waals surface area contributed by atoms with E-state index < -0.39 is 6.03 Å². The SMILES string of the molecule is Cc1ccc(NC(=O)Nc2ccc3c(c2)C(=O)N(C(C)C)C3=O)cn1. The maximum absolute atomic E-state index is 12.4. The number of imide groups is 1. The minimum Gasteiger partial charge on any atom is -0.308 e. The van der Waals surface area contributed by atoms with Crippen molar-refractivity contribution in [3.63, 3.8) is 0 Å². The summed E-state index contributed by atoms with van der Waals surface area (Å²) in [5, 5.41) is 5.31. The topological polar surface area (TPSA) is 91.4 Å². The third-order valence-electron chi connectivity index (χ3n) is 3.86. The second kappa shape index (κ2) is 6.35. The van der Waals surface area contributed by atoms with Gasteiger partial charge in [-0.2, -0.15) is 0 Å². The van der Waals surface area contributed by atoms with Gasteiger partial charge in [0.05, 0.1) is 23.0 Å². The average molecular weight is 338 g/mol. The van der Waals surface area contributed by atoms with E-state index in [4.69, 9.17) is 0 Å². The van der Waals surface area contributed by atoms with Crippen molar-refractivity contribution in [3.05, 3.63) is 53.3 Å². The molecule has 1 aromatic heterocycles. The molecule has 2 N–H and O–H groups in total. The van der Waals surface area contributed by atoms with E-state index in [2.05, 4.69) is 15.6 Å². The lowest BCUT2D eigenvalue weighted by molar-refractivity contribution is 0.0609. The summed E-state index contributed by atoms with van der Waals surface area (Å²) in [6.07, 6.45) is 1.56. The number of nitrogens with one attached hydrogen (secondary N) is 2. The van der Waals surface area contributed by atoms with Gasteiger partial charge in [-0.3, -0.25) is 19.5 Å². The number of urea groups is 1. The van der Waals surface area contributed by atoms with Crippen LogP contribution in [0.2, 0.25) is 0 Å². The van der Waals surface area contributed by atoms with Crippen LogP contribution >= 0.6 is 0 Å². The van der Waals surface area contributed by atoms with Crippen molar-refractivity contribution in [1.82, 2.24) is 9.88 Å². The molecule has 1 aromatic carbocycles. The van der Waals surface area contributed by atoms with Crippen molar-refractivity contribution in [1.29, 1.82) is 0 Å². The van der Waals surface area contributed by atoms with E-state index in [1.807, 2.05) is 6.92 Å². The Hall–Kier alpha value is -3.22. The molecular formula is C18H18N4O3. The highest BCUT2D eigenvalue weighted by Gasteiger charge is 2.37. The summed E-state index contributed by atoms with van der Waals surface area (Å²) in [5.41, 5.74) is 2.49. The van der Waals surface area contributed by atoms with Gasteiger partial charge in [-0.15, -0.1) is 0 Å². The summed E-state index contributed by atoms with van der Waals surface area (Å²) in [6.45, 7) is 5.42. The predicted octanol–water partition coefficient (Wildman–Crippen LogP) is 3.04. The number of nitrogens with zero attached hydrogens (tertiary/aromatic N) is 2. The third kappa shape index (κ3) is 3.21. The molecule has 7 heteroatoms. The number of anilines is 2. The van der Waals surface area contributed by atoms with Gasteiger partial charge >= 0.3 is 6.03 Å². The lowest BCUT2D eigenvalue weighted by atomic mass is 10.1. The van der Waals surface area contributed by atoms with Crippen LogP contribution in [0.1, 0.15) is 40.3 Å². The van der Waals surface area contributed by atoms with E-state index in [9.17, 15) is 14.4 Å². The molecule has 0 saturated heterocycles. The Labute approximate surface area is 145 Å². The number of amides is 4. The van der Waals surface area contributed by atoms with Gasteiger partial charge in [0.1, 0.15) is 0 Å². The standard InChI is InChI=1S/C18H18N4O3/c1-10(2)22-16(23)14-7-6-12(8-15(14)17(22)24)20-18(25)21-13-5-4-11(3)19-9-13/h4-10H,1-3H3,(H2,20,21,25). The number of aromatic nitrogens is 1. The summed E-state index contributed by atoms with van der Waals surface area (Å²) < 4.78 is 0. The molecule has 128 valence electrons. The Morgan fingerprint density at radius 1 is 1.00 bits per heavy atom. The monoisotopic (exact) mass is 338 g/mol. The molecule has 2 heterocycles. The Morgan fingerprint density at radius 2 is 1.64 bits per heavy atom. The van der Waals surface area contributed by atoms with E-state index in [1.165, 1.54) is 11.0 Å². The Kier molecular flexibility index (Phi) is 4.22. The predicted molar refractivity (Wildman–Crippen MR) is 93.7 cm³/mol. The van der Waals surface area contributed by atoms with E-state index in [-0.39, 0.29) is 17.9 Å². The molecule has 0 spiro atoms. The highest BCUT2D eigenvalue weighted by atomic mass is 16.2. The van der Waals surface area contributed by atoms with Gasteiger partial charge in [0.15, 0.2) is 0 Å². The second-order valence-corrected chi connectivity index (χ2v) is 6.10. The first kappa shape index (κ1) is 16.6. The van der Waals surface area contributed by atoms with Gasteiger partial charge in [-0.1, -0.05) is 0 Å². The molecule has 1 aliphatic heterocycles. The van der Waals surface area contributed by atoms with Crippen LogP contribution in [-0.4, -0.2) is 33.8 Å². The minimum atomic E-state index is -0.455. The number of carbonyl (C=O) groups is 3. The van der Waals surface area contributed by atoms with Gasteiger partial charge in [0.2, 0.25) is 0 Å². The number of pyridine rings is 1. The van der Waals surface area contributed by atoms with Crippen LogP contribution in [0.3, 0.4) is 0 Å². The van der Waals surface area contributed by atoms with Crippen LogP contribution in [0, 0.1) is 6.92 Å². The zero-order valence-corrected chi connectivity index (χ0v) is 14.2. The number of hydrogen-bond donors (Lipinski definition) is 2. The first-order valence-electron chi connectivity index (χ1n) is 7.89. The molecule has 4 amide bonds. The van der Waals surface area contributed by atoms with Gasteiger partial charge in [0.25, 0.3) is 11.8 Å². The number of aryl methyl sites for hydroxylation is 1. The highest BCUT2D eigenvalue weighted by Crippen LogP contribution is 2.27. The van der Waals surface area contributed by atoms with E-state index in [0.717, 1.165) is 5.69 Å². The molecule has 0 saturated carbocycles. The lowest BCUT2D eigenvalue weighted by Gasteiger charge is -2.17. The summed E-state index contributed by atoms with van der Waals surface area (Å²) in [6, 6.07) is 7.53. The fourth-order valence-corrected chi connectivity index (χ4v) is 2.64. The largest absolute Gasteiger partial charge is 0.323 e. The van der Waals surface area contributed by atoms with Crippen LogP contribution in [0.15, 0.2) is 36.5 Å². The van der Waals surface area contributed by atoms with Crippen molar-refractivity contribution >= 4 is 29.2 Å². The Bertz CT molecular complexity index is 859. The first-order valence-corrected chi connectivity index (χ1v) is 7.89. The van der Waals surface area contributed by atoms with Gasteiger partial charge in [-0.05, 0) is 51.1 Å². The molecular weight excluding hydrogens is 320 g/mol. The van der Waals surface area contributed by atoms with Gasteiger partial charge < -0.3 is 10.6 Å². The smallest absolute Gasteiger partial charge is 0.308 e. The molecule has 25 heavy (non-hydrogen) atoms. The van der Waals surface area contributed by atoms with E-state index >= 15 is 0 Å². The van der Waals surface area contributed by atoms with Crippen LogP contribution in [-0.2, 0) is 0 Å². The third-order valence-corrected chi connectivity index (χ3v) is 3.86. The van der Waals surface area contributed by atoms with Crippen molar-refractivity contribution in [2.75, 3.05) is 10.6 Å². The molecule has 0 bridgehead atoms. The molecule has 2 aromatic rings. The number of benzene rings is 1. The summed E-state index contributed by atoms with van der Waals surface area (Å²) in [4.78, 5) is 42.0. The molecule has 0 atom stereocenters. The number of hydrogen-bond acceptors (Lipinski definition) is 4. The summed E-state index contributed by atoms with van der Waals surface area (Å²) in [7, 11) is 0. The van der Waals surface area contributed by atoms with Crippen molar-refractivity contribution < 1.29 is 14.4 Å². The quantitative estimate of drug-likeness (QED) is 0.842. The Balaban J connectivity index is 1.75. The number of fused-ring (bicyclic) bond motifs is 1. The summed E-state index contributed by atoms with van der Waals surface area (Å²) >= 11 is 0. The average Bonchev–Trinajstić information content (AvgIpc) is 2.80. The molecule has 0 aliphatic carbocycles. The molecule has 0 fully saturated rings. The van der Waals surface area contributed by atoms with Gasteiger partial charge in [-0.25, -0.2) is 4.79 Å². The Morgan fingerprint density at radius 3 is 2.28 bits per heavy atom. The lowest BCUT2D eigenvalue weighted by Crippen LogP contribution is -2.35. The fraction of sp³-hybridized carbons (Fsp3) is 0.222. The van der Waals surface area contributed by atoms with Crippen LogP contribution < -0.4 is 10.6 Å². The van der Waals surface area contributed by atoms with Crippen LogP contribution in [0.5, 0.6) is 0 Å². The number of rotatable bonds is 3. The second-order valence-electron chi connectivity index (χ2n) is 6.10. The molecule has 1 aliphatic rings. The van der Waals surface area contributed by atoms with Crippen molar-refractivity contribution in [3.8, 4) is 0 Å². The van der Waals surface area contributed by atoms with Crippen molar-refractivity contribution in [2.45, 2.75) is 26.8 Å². The van der Waals surface area contributed by atoms with Crippen molar-refractivity contribution in [2.24, 2.45) is 0 Å². The van der Waals surface area contributed by atoms with Gasteiger partial charge in [0, 0.05) is 17.4 Å². The summed E-state index contributed by atoms with van der Waals surface area (Å²) in [5.74, 6) is -0.654. The molecule has 3 rings (SSSR count). The van der Waals surface area contributed by atoms with E-state index in [1.54, 1.807) is 44.3 Å². The fourth-order valence-electron chi connectivity index (χ4n) is 2.64. The zero-order chi connectivity index (χ0) is 18.1. The molecule has 0 radical (unpaired) electrons. The molecule has 7 nitrogen and oxygen atoms in total. The first-order chi connectivity index (χ1) is 11.9. The zero-order valence-electron chi connectivity index (χ0n) is 14.2. The maximum atomic E-state index is 12.4. The maximum Gasteiger partial charge on any atom is 0.323 e. The van der Waals surface area contributed by atoms with Crippen LogP contribution in [0.4, 0.5) is 16.2 Å². The van der Waals surface area contributed by atoms with Crippen LogP contribution in [0.25, 0.3) is 0 Å².